The highest BCUT2D eigenvalue weighted by Crippen LogP contribution is 2.34. The van der Waals surface area contributed by atoms with Gasteiger partial charge in [0.05, 0.1) is 22.6 Å². The number of allylic oxidation sites excluding steroid dienone is 1. The molecule has 12 heteroatoms. The third-order valence-corrected chi connectivity index (χ3v) is 8.98. The molecular formula is C20H17BrCl2N4O3S2. The van der Waals surface area contributed by atoms with Crippen molar-refractivity contribution in [1.82, 2.24) is 19.8 Å². The van der Waals surface area contributed by atoms with Gasteiger partial charge in [-0.25, -0.2) is 22.6 Å². The molecule has 0 atom stereocenters. The standard InChI is InChI=1S/C20H17BrCl2N4O3S2/c21-14-5-2-6-15(9-14)27-18-12(3-1-4-13(18)11-25-27)7-8-24-20(28)26-32(29,30)17-10-16(22)19(23)31-17/h2,5-7,9-11H,1,3-4,8H2,(H2,24,26,28). The molecule has 1 aromatic carbocycles. The number of carbonyl (C=O) groups excluding carboxylic acids is 1. The summed E-state index contributed by atoms with van der Waals surface area (Å²) < 4.78 is 29.5. The zero-order chi connectivity index (χ0) is 22.9. The Bertz CT molecular complexity index is 1300. The van der Waals surface area contributed by atoms with Crippen LogP contribution in [0.1, 0.15) is 24.1 Å². The van der Waals surface area contributed by atoms with Crippen LogP contribution in [-0.2, 0) is 16.4 Å². The van der Waals surface area contributed by atoms with Crippen molar-refractivity contribution in [2.75, 3.05) is 6.54 Å². The van der Waals surface area contributed by atoms with Gasteiger partial charge in [0, 0.05) is 11.0 Å². The van der Waals surface area contributed by atoms with E-state index in [1.54, 1.807) is 0 Å². The second-order valence-corrected chi connectivity index (χ2v) is 11.9. The molecule has 4 rings (SSSR count). The molecule has 0 saturated carbocycles. The number of nitrogens with zero attached hydrogens (tertiary/aromatic N) is 2. The van der Waals surface area contributed by atoms with Gasteiger partial charge in [0.25, 0.3) is 10.0 Å². The van der Waals surface area contributed by atoms with E-state index >= 15 is 0 Å². The van der Waals surface area contributed by atoms with E-state index in [-0.39, 0.29) is 20.1 Å². The molecule has 2 N–H and O–H groups in total. The molecule has 2 aromatic heterocycles. The predicted octanol–water partition coefficient (Wildman–Crippen LogP) is 5.41. The van der Waals surface area contributed by atoms with E-state index in [0.29, 0.717) is 0 Å². The first-order chi connectivity index (χ1) is 15.2. The lowest BCUT2D eigenvalue weighted by molar-refractivity contribution is 0.247. The number of thiophene rings is 1. The van der Waals surface area contributed by atoms with E-state index in [1.165, 1.54) is 6.07 Å². The molecule has 0 spiro atoms. The van der Waals surface area contributed by atoms with Gasteiger partial charge in [-0.2, -0.15) is 5.10 Å². The molecule has 1 aliphatic rings. The first-order valence-electron chi connectivity index (χ1n) is 9.52. The summed E-state index contributed by atoms with van der Waals surface area (Å²) in [6.45, 7) is 0.158. The summed E-state index contributed by atoms with van der Waals surface area (Å²) in [6, 6.07) is 8.23. The number of fused-ring (bicyclic) bond motifs is 1. The lowest BCUT2D eigenvalue weighted by Gasteiger charge is -2.18. The van der Waals surface area contributed by atoms with Crippen LogP contribution in [0.2, 0.25) is 9.36 Å². The van der Waals surface area contributed by atoms with Crippen LogP contribution in [0.5, 0.6) is 0 Å². The monoisotopic (exact) mass is 574 g/mol. The highest BCUT2D eigenvalue weighted by molar-refractivity contribution is 9.10. The van der Waals surface area contributed by atoms with Crippen LogP contribution in [0.15, 0.2) is 51.3 Å². The fourth-order valence-corrected chi connectivity index (χ4v) is 6.63. The van der Waals surface area contributed by atoms with Crippen molar-refractivity contribution in [3.8, 4) is 5.69 Å². The second kappa shape index (κ2) is 9.56. The fourth-order valence-electron chi connectivity index (χ4n) is 3.43. The number of carbonyl (C=O) groups is 1. The van der Waals surface area contributed by atoms with Crippen molar-refractivity contribution < 1.29 is 13.2 Å². The summed E-state index contributed by atoms with van der Waals surface area (Å²) in [7, 11) is -4.05. The Morgan fingerprint density at radius 2 is 2.09 bits per heavy atom. The summed E-state index contributed by atoms with van der Waals surface area (Å²) in [5, 5.41) is 7.24. The predicted molar refractivity (Wildman–Crippen MR) is 130 cm³/mol. The maximum atomic E-state index is 12.3. The number of hydrogen-bond donors (Lipinski definition) is 2. The highest BCUT2D eigenvalue weighted by Gasteiger charge is 2.23. The van der Waals surface area contributed by atoms with Gasteiger partial charge in [-0.1, -0.05) is 51.3 Å². The van der Waals surface area contributed by atoms with Crippen molar-refractivity contribution in [2.45, 2.75) is 23.5 Å². The first-order valence-corrected chi connectivity index (χ1v) is 13.4. The van der Waals surface area contributed by atoms with Gasteiger partial charge in [-0.3, -0.25) is 0 Å². The van der Waals surface area contributed by atoms with E-state index in [4.69, 9.17) is 23.2 Å². The van der Waals surface area contributed by atoms with Crippen LogP contribution in [0.3, 0.4) is 0 Å². The normalized spacial score (nSPS) is 14.9. The minimum atomic E-state index is -4.05. The topological polar surface area (TPSA) is 93.1 Å². The molecule has 0 radical (unpaired) electrons. The number of rotatable bonds is 5. The number of aryl methyl sites for hydroxylation is 1. The SMILES string of the molecule is O=C(NCC=C1CCCc2cnn(-c3cccc(Br)c3)c21)NS(=O)(=O)c1cc(Cl)c(Cl)s1. The molecule has 0 unspecified atom stereocenters. The molecule has 32 heavy (non-hydrogen) atoms. The molecule has 1 aliphatic carbocycles. The Kier molecular flexibility index (Phi) is 6.97. The number of nitrogens with one attached hydrogen (secondary N) is 2. The van der Waals surface area contributed by atoms with Crippen LogP contribution in [0.4, 0.5) is 4.79 Å². The number of hydrogen-bond acceptors (Lipinski definition) is 5. The molecule has 168 valence electrons. The first kappa shape index (κ1) is 23.3. The molecule has 3 aromatic rings. The summed E-state index contributed by atoms with van der Waals surface area (Å²) >= 11 is 15.9. The van der Waals surface area contributed by atoms with Gasteiger partial charge in [0.2, 0.25) is 0 Å². The lowest BCUT2D eigenvalue weighted by atomic mass is 9.92. The van der Waals surface area contributed by atoms with Crippen LogP contribution < -0.4 is 10.0 Å². The number of aromatic nitrogens is 2. The van der Waals surface area contributed by atoms with Crippen LogP contribution in [0.25, 0.3) is 11.3 Å². The quantitative estimate of drug-likeness (QED) is 0.425. The van der Waals surface area contributed by atoms with E-state index in [9.17, 15) is 13.2 Å². The molecule has 0 fully saturated rings. The summed E-state index contributed by atoms with van der Waals surface area (Å²) in [4.78, 5) is 12.2. The summed E-state index contributed by atoms with van der Waals surface area (Å²) in [6.07, 6.45) is 6.50. The molecule has 2 heterocycles. The van der Waals surface area contributed by atoms with E-state index in [0.717, 1.165) is 57.6 Å². The van der Waals surface area contributed by atoms with Gasteiger partial charge in [0.1, 0.15) is 8.55 Å². The summed E-state index contributed by atoms with van der Waals surface area (Å²) in [5.41, 5.74) is 4.12. The molecule has 0 aliphatic heterocycles. The number of amides is 2. The smallest absolute Gasteiger partial charge is 0.328 e. The molecule has 7 nitrogen and oxygen atoms in total. The van der Waals surface area contributed by atoms with Crippen LogP contribution in [0, 0.1) is 0 Å². The average molecular weight is 576 g/mol. The van der Waals surface area contributed by atoms with E-state index < -0.39 is 16.1 Å². The van der Waals surface area contributed by atoms with Crippen molar-refractivity contribution in [3.63, 3.8) is 0 Å². The maximum Gasteiger partial charge on any atom is 0.328 e. The molecule has 0 bridgehead atoms. The third kappa shape index (κ3) is 5.04. The summed E-state index contributed by atoms with van der Waals surface area (Å²) in [5.74, 6) is 0. The minimum Gasteiger partial charge on any atom is -0.334 e. The van der Waals surface area contributed by atoms with Crippen molar-refractivity contribution in [1.29, 1.82) is 0 Å². The lowest BCUT2D eigenvalue weighted by Crippen LogP contribution is -2.39. The zero-order valence-corrected chi connectivity index (χ0v) is 21.2. The number of halogens is 3. The Labute approximate surface area is 207 Å². The Hall–Kier alpha value is -1.85. The van der Waals surface area contributed by atoms with Crippen LogP contribution >= 0.6 is 50.5 Å². The zero-order valence-electron chi connectivity index (χ0n) is 16.4. The highest BCUT2D eigenvalue weighted by atomic mass is 79.9. The van der Waals surface area contributed by atoms with E-state index in [1.807, 2.05) is 45.9 Å². The maximum absolute atomic E-state index is 12.3. The Morgan fingerprint density at radius 1 is 1.28 bits per heavy atom. The van der Waals surface area contributed by atoms with Gasteiger partial charge in [0.15, 0.2) is 0 Å². The van der Waals surface area contributed by atoms with E-state index in [2.05, 4.69) is 26.3 Å². The molecule has 0 saturated heterocycles. The molecular weight excluding hydrogens is 559 g/mol. The Morgan fingerprint density at radius 3 is 2.81 bits per heavy atom. The van der Waals surface area contributed by atoms with Gasteiger partial charge in [-0.05, 0) is 54.7 Å². The van der Waals surface area contributed by atoms with Crippen molar-refractivity contribution >= 4 is 72.1 Å². The van der Waals surface area contributed by atoms with Gasteiger partial charge in [-0.15, -0.1) is 11.3 Å². The van der Waals surface area contributed by atoms with Crippen molar-refractivity contribution in [2.24, 2.45) is 0 Å². The second-order valence-electron chi connectivity index (χ2n) is 7.00. The largest absolute Gasteiger partial charge is 0.334 e. The number of sulfonamides is 1. The van der Waals surface area contributed by atoms with Gasteiger partial charge >= 0.3 is 6.03 Å². The number of urea groups is 1. The Balaban J connectivity index is 1.47. The minimum absolute atomic E-state index is 0.123. The third-order valence-electron chi connectivity index (χ3n) is 4.82. The molecule has 2 amide bonds. The van der Waals surface area contributed by atoms with Crippen LogP contribution in [-0.4, -0.2) is 30.8 Å². The van der Waals surface area contributed by atoms with Gasteiger partial charge < -0.3 is 5.32 Å². The van der Waals surface area contributed by atoms with Crippen molar-refractivity contribution in [3.05, 3.63) is 67.7 Å². The average Bonchev–Trinajstić information content (AvgIpc) is 3.32. The fraction of sp³-hybridized carbons (Fsp3) is 0.200. The number of benzene rings is 1.